The molecule has 2 amide bonds. The molecule has 0 bridgehead atoms. The highest BCUT2D eigenvalue weighted by atomic mass is 35.5. The zero-order chi connectivity index (χ0) is 15.4. The topological polar surface area (TPSA) is 72.9 Å². The molecule has 2 rings (SSSR count). The van der Waals surface area contributed by atoms with Gasteiger partial charge in [0, 0.05) is 26.2 Å². The van der Waals surface area contributed by atoms with Crippen molar-refractivity contribution < 1.29 is 19.1 Å². The van der Waals surface area contributed by atoms with Gasteiger partial charge in [-0.05, 0) is 18.2 Å². The number of rotatable bonds is 3. The lowest BCUT2D eigenvalue weighted by molar-refractivity contribution is -0.138. The van der Waals surface area contributed by atoms with Crippen LogP contribution in [-0.4, -0.2) is 59.6 Å². The van der Waals surface area contributed by atoms with Crippen LogP contribution in [0.4, 0.5) is 14.9 Å². The fourth-order valence-corrected chi connectivity index (χ4v) is 2.25. The van der Waals surface area contributed by atoms with Crippen molar-refractivity contribution in [2.45, 2.75) is 0 Å². The Morgan fingerprint density at radius 1 is 1.29 bits per heavy atom. The largest absolute Gasteiger partial charge is 0.480 e. The molecular weight excluding hydrogens is 301 g/mol. The first kappa shape index (κ1) is 15.5. The second-order valence-corrected chi connectivity index (χ2v) is 5.12. The first-order valence-electron chi connectivity index (χ1n) is 6.41. The van der Waals surface area contributed by atoms with E-state index in [1.165, 1.54) is 12.1 Å². The molecule has 2 N–H and O–H groups in total. The molecule has 0 spiro atoms. The number of piperazine rings is 1. The number of carbonyl (C=O) groups is 2. The molecule has 1 fully saturated rings. The number of aliphatic carboxylic acids is 1. The van der Waals surface area contributed by atoms with Crippen LogP contribution in [0.2, 0.25) is 5.02 Å². The SMILES string of the molecule is O=C(O)CN1CCN(C(=O)Nc2cc(F)ccc2Cl)CC1. The molecule has 1 saturated heterocycles. The van der Waals surface area contributed by atoms with Crippen LogP contribution in [0.25, 0.3) is 0 Å². The number of benzene rings is 1. The van der Waals surface area contributed by atoms with Crippen LogP contribution < -0.4 is 5.32 Å². The number of hydrogen-bond donors (Lipinski definition) is 2. The summed E-state index contributed by atoms with van der Waals surface area (Å²) >= 11 is 5.89. The van der Waals surface area contributed by atoms with E-state index >= 15 is 0 Å². The second-order valence-electron chi connectivity index (χ2n) is 4.71. The van der Waals surface area contributed by atoms with Gasteiger partial charge in [0.25, 0.3) is 0 Å². The molecule has 0 aliphatic carbocycles. The van der Waals surface area contributed by atoms with Gasteiger partial charge >= 0.3 is 12.0 Å². The number of anilines is 1. The summed E-state index contributed by atoms with van der Waals surface area (Å²) in [4.78, 5) is 26.0. The Kier molecular flexibility index (Phi) is 4.98. The Balaban J connectivity index is 1.90. The van der Waals surface area contributed by atoms with Crippen LogP contribution in [0.15, 0.2) is 18.2 Å². The normalized spacial score (nSPS) is 15.8. The first-order chi connectivity index (χ1) is 9.95. The maximum absolute atomic E-state index is 13.1. The highest BCUT2D eigenvalue weighted by Gasteiger charge is 2.22. The van der Waals surface area contributed by atoms with Gasteiger partial charge < -0.3 is 15.3 Å². The van der Waals surface area contributed by atoms with Crippen molar-refractivity contribution >= 4 is 29.3 Å². The number of carboxylic acids is 1. The summed E-state index contributed by atoms with van der Waals surface area (Å²) in [5, 5.41) is 11.5. The summed E-state index contributed by atoms with van der Waals surface area (Å²) in [5.41, 5.74) is 0.217. The van der Waals surface area contributed by atoms with Crippen molar-refractivity contribution in [3.8, 4) is 0 Å². The third-order valence-electron chi connectivity index (χ3n) is 3.19. The number of urea groups is 1. The van der Waals surface area contributed by atoms with Crippen LogP contribution in [0.1, 0.15) is 0 Å². The molecule has 0 saturated carbocycles. The van der Waals surface area contributed by atoms with Gasteiger partial charge in [0.1, 0.15) is 5.82 Å². The maximum atomic E-state index is 13.1. The number of amides is 2. The van der Waals surface area contributed by atoms with Crippen molar-refractivity contribution in [1.82, 2.24) is 9.80 Å². The molecule has 1 aliphatic heterocycles. The Hall–Kier alpha value is -1.86. The van der Waals surface area contributed by atoms with E-state index < -0.39 is 11.8 Å². The van der Waals surface area contributed by atoms with E-state index in [4.69, 9.17) is 16.7 Å². The highest BCUT2D eigenvalue weighted by molar-refractivity contribution is 6.33. The third kappa shape index (κ3) is 4.30. The Bertz CT molecular complexity index is 547. The zero-order valence-corrected chi connectivity index (χ0v) is 11.9. The number of nitrogens with zero attached hydrogens (tertiary/aromatic N) is 2. The minimum atomic E-state index is -0.889. The summed E-state index contributed by atoms with van der Waals surface area (Å²) in [6, 6.07) is 3.36. The van der Waals surface area contributed by atoms with E-state index in [1.54, 1.807) is 9.80 Å². The van der Waals surface area contributed by atoms with E-state index in [0.29, 0.717) is 26.2 Å². The second kappa shape index (κ2) is 6.73. The predicted molar refractivity (Wildman–Crippen MR) is 76.1 cm³/mol. The van der Waals surface area contributed by atoms with Crippen molar-refractivity contribution in [1.29, 1.82) is 0 Å². The molecule has 21 heavy (non-hydrogen) atoms. The quantitative estimate of drug-likeness (QED) is 0.890. The fourth-order valence-electron chi connectivity index (χ4n) is 2.09. The number of halogens is 2. The first-order valence-corrected chi connectivity index (χ1v) is 6.78. The lowest BCUT2D eigenvalue weighted by Gasteiger charge is -2.33. The molecule has 6 nitrogen and oxygen atoms in total. The summed E-state index contributed by atoms with van der Waals surface area (Å²) in [7, 11) is 0. The van der Waals surface area contributed by atoms with Gasteiger partial charge in [-0.25, -0.2) is 9.18 Å². The summed E-state index contributed by atoms with van der Waals surface area (Å²) < 4.78 is 13.1. The lowest BCUT2D eigenvalue weighted by atomic mass is 10.3. The summed E-state index contributed by atoms with van der Waals surface area (Å²) in [5.74, 6) is -1.37. The Labute approximate surface area is 126 Å². The Morgan fingerprint density at radius 2 is 1.95 bits per heavy atom. The van der Waals surface area contributed by atoms with Crippen LogP contribution in [0.5, 0.6) is 0 Å². The minimum absolute atomic E-state index is 0.0365. The van der Waals surface area contributed by atoms with Gasteiger partial charge in [0.05, 0.1) is 17.3 Å². The van der Waals surface area contributed by atoms with Gasteiger partial charge in [-0.3, -0.25) is 9.69 Å². The van der Waals surface area contributed by atoms with E-state index in [9.17, 15) is 14.0 Å². The van der Waals surface area contributed by atoms with Crippen molar-refractivity contribution in [2.75, 3.05) is 38.0 Å². The Morgan fingerprint density at radius 3 is 2.57 bits per heavy atom. The van der Waals surface area contributed by atoms with Crippen molar-refractivity contribution in [3.05, 3.63) is 29.0 Å². The molecule has 8 heteroatoms. The number of nitrogens with one attached hydrogen (secondary N) is 1. The van der Waals surface area contributed by atoms with Crippen LogP contribution in [0.3, 0.4) is 0 Å². The maximum Gasteiger partial charge on any atom is 0.321 e. The smallest absolute Gasteiger partial charge is 0.321 e. The average molecular weight is 316 g/mol. The molecule has 1 aromatic carbocycles. The van der Waals surface area contributed by atoms with Gasteiger partial charge in [0.15, 0.2) is 0 Å². The average Bonchev–Trinajstić information content (AvgIpc) is 2.43. The fraction of sp³-hybridized carbons (Fsp3) is 0.385. The molecule has 0 radical (unpaired) electrons. The number of carbonyl (C=O) groups excluding carboxylic acids is 1. The molecule has 0 unspecified atom stereocenters. The van der Waals surface area contributed by atoms with Crippen LogP contribution in [-0.2, 0) is 4.79 Å². The van der Waals surface area contributed by atoms with Gasteiger partial charge in [-0.15, -0.1) is 0 Å². The van der Waals surface area contributed by atoms with Gasteiger partial charge in [-0.2, -0.15) is 0 Å². The molecule has 0 atom stereocenters. The number of hydrogen-bond acceptors (Lipinski definition) is 3. The summed E-state index contributed by atoms with van der Waals surface area (Å²) in [6.45, 7) is 1.75. The molecular formula is C13H15ClFN3O3. The monoisotopic (exact) mass is 315 g/mol. The predicted octanol–water partition coefficient (Wildman–Crippen LogP) is 1.71. The zero-order valence-electron chi connectivity index (χ0n) is 11.2. The summed E-state index contributed by atoms with van der Waals surface area (Å²) in [6.07, 6.45) is 0. The molecule has 1 heterocycles. The van der Waals surface area contributed by atoms with Gasteiger partial charge in [-0.1, -0.05) is 11.6 Å². The van der Waals surface area contributed by atoms with E-state index in [2.05, 4.69) is 5.32 Å². The van der Waals surface area contributed by atoms with Crippen molar-refractivity contribution in [3.63, 3.8) is 0 Å². The van der Waals surface area contributed by atoms with E-state index in [-0.39, 0.29) is 23.3 Å². The molecule has 1 aromatic rings. The van der Waals surface area contributed by atoms with Crippen molar-refractivity contribution in [2.24, 2.45) is 0 Å². The van der Waals surface area contributed by atoms with Crippen LogP contribution >= 0.6 is 11.6 Å². The highest BCUT2D eigenvalue weighted by Crippen LogP contribution is 2.22. The van der Waals surface area contributed by atoms with E-state index in [1.807, 2.05) is 0 Å². The molecule has 114 valence electrons. The standard InChI is InChI=1S/C13H15ClFN3O3/c14-10-2-1-9(15)7-11(10)16-13(21)18-5-3-17(4-6-18)8-12(19)20/h1-2,7H,3-6,8H2,(H,16,21)(H,19,20). The lowest BCUT2D eigenvalue weighted by Crippen LogP contribution is -2.51. The minimum Gasteiger partial charge on any atom is -0.480 e. The van der Waals surface area contributed by atoms with E-state index in [0.717, 1.165) is 6.07 Å². The van der Waals surface area contributed by atoms with Crippen LogP contribution in [0, 0.1) is 5.82 Å². The third-order valence-corrected chi connectivity index (χ3v) is 3.52. The molecule has 1 aliphatic rings. The molecule has 0 aromatic heterocycles. The van der Waals surface area contributed by atoms with Gasteiger partial charge in [0.2, 0.25) is 0 Å². The number of carboxylic acid groups (broad SMARTS) is 1.